The largest absolute Gasteiger partial charge is 0.444 e. The molecule has 0 atom stereocenters. The number of nitrogens with one attached hydrogen (secondary N) is 1. The second kappa shape index (κ2) is 9.40. The third kappa shape index (κ3) is 8.44. The van der Waals surface area contributed by atoms with Gasteiger partial charge in [-0.1, -0.05) is 13.8 Å². The first-order valence-electron chi connectivity index (χ1n) is 5.42. The van der Waals surface area contributed by atoms with Gasteiger partial charge in [0, 0.05) is 12.6 Å². The third-order valence-electron chi connectivity index (χ3n) is 2.05. The van der Waals surface area contributed by atoms with Crippen LogP contribution in [-0.4, -0.2) is 60.5 Å². The Labute approximate surface area is 86.9 Å². The molecule has 0 fully saturated rings. The van der Waals surface area contributed by atoms with Gasteiger partial charge in [0.25, 0.3) is 0 Å². The fourth-order valence-electron chi connectivity index (χ4n) is 1.33. The Kier molecular flexibility index (Phi) is 9.29. The van der Waals surface area contributed by atoms with E-state index in [-0.39, 0.29) is 6.61 Å². The van der Waals surface area contributed by atoms with E-state index in [9.17, 15) is 0 Å². The Hall–Kier alpha value is -0.160. The van der Waals surface area contributed by atoms with E-state index in [1.165, 1.54) is 0 Å². The lowest BCUT2D eigenvalue weighted by Gasteiger charge is -2.19. The van der Waals surface area contributed by atoms with Crippen LogP contribution in [0.15, 0.2) is 0 Å². The van der Waals surface area contributed by atoms with Crippen LogP contribution in [0.25, 0.3) is 0 Å². The van der Waals surface area contributed by atoms with E-state index < -0.39 is 0 Å². The molecule has 0 aliphatic carbocycles. The van der Waals surface area contributed by atoms with Crippen molar-refractivity contribution in [1.82, 2.24) is 10.2 Å². The van der Waals surface area contributed by atoms with Crippen molar-refractivity contribution in [3.05, 3.63) is 0 Å². The summed E-state index contributed by atoms with van der Waals surface area (Å²) in [5.41, 5.74) is 0. The van der Waals surface area contributed by atoms with Gasteiger partial charge < -0.3 is 15.5 Å². The highest BCUT2D eigenvalue weighted by molar-refractivity contribution is 4.59. The molecule has 0 heterocycles. The lowest BCUT2D eigenvalue weighted by Crippen LogP contribution is -2.33. The molecule has 4 N–H and O–H groups in total. The second-order valence-corrected chi connectivity index (χ2v) is 3.78. The number of hydrogen-bond acceptors (Lipinski definition) is 3. The molecule has 4 nitrogen and oxygen atoms in total. The van der Waals surface area contributed by atoms with Gasteiger partial charge in [0.15, 0.2) is 6.61 Å². The smallest absolute Gasteiger partial charge is 0.156 e. The van der Waals surface area contributed by atoms with Crippen molar-refractivity contribution >= 4 is 0 Å². The summed E-state index contributed by atoms with van der Waals surface area (Å²) in [5, 5.41) is 19.3. The molecule has 0 unspecified atom stereocenters. The van der Waals surface area contributed by atoms with Crippen LogP contribution in [-0.2, 0) is 0 Å². The second-order valence-electron chi connectivity index (χ2n) is 3.78. The van der Waals surface area contributed by atoms with Gasteiger partial charge in [0.2, 0.25) is 0 Å². The van der Waals surface area contributed by atoms with E-state index in [1.807, 2.05) is 0 Å². The summed E-state index contributed by atoms with van der Waals surface area (Å²) in [5.74, 6) is 0. The number of aliphatic hydroxyl groups is 1. The standard InChI is InChI=1S/C10H24N2O2/c1-10(2)11-4-3-5-12(6-8-13)7-9-14/h10-11,13-14H,3-9H2,1-2H3/p+1. The van der Waals surface area contributed by atoms with Gasteiger partial charge in [-0.25, -0.2) is 0 Å². The Morgan fingerprint density at radius 2 is 2.00 bits per heavy atom. The van der Waals surface area contributed by atoms with Crippen molar-refractivity contribution in [1.29, 1.82) is 0 Å². The number of nitrogens with zero attached hydrogens (tertiary/aromatic N) is 1. The predicted octanol–water partition coefficient (Wildman–Crippen LogP) is -0.607. The fourth-order valence-corrected chi connectivity index (χ4v) is 1.33. The maximum atomic E-state index is 8.79. The van der Waals surface area contributed by atoms with Gasteiger partial charge in [-0.15, -0.1) is 0 Å². The number of hydrogen-bond donors (Lipinski definition) is 2. The van der Waals surface area contributed by atoms with E-state index in [0.717, 1.165) is 26.1 Å². The first-order valence-corrected chi connectivity index (χ1v) is 5.42. The van der Waals surface area contributed by atoms with Crippen molar-refractivity contribution in [2.75, 3.05) is 39.4 Å². The van der Waals surface area contributed by atoms with E-state index in [2.05, 4.69) is 24.1 Å². The molecule has 0 aliphatic heterocycles. The Balaban J connectivity index is 3.40. The van der Waals surface area contributed by atoms with Crippen molar-refractivity contribution in [3.8, 4) is 0 Å². The van der Waals surface area contributed by atoms with Gasteiger partial charge >= 0.3 is 0 Å². The zero-order valence-corrected chi connectivity index (χ0v) is 9.42. The molecule has 0 aromatic carbocycles. The van der Waals surface area contributed by atoms with Gasteiger partial charge in [0.05, 0.1) is 13.2 Å². The summed E-state index contributed by atoms with van der Waals surface area (Å²) in [6.45, 7) is 8.32. The summed E-state index contributed by atoms with van der Waals surface area (Å²) in [6, 6.07) is 0.539. The molecule has 0 rings (SSSR count). The minimum Gasteiger partial charge on any atom is -0.444 e. The summed E-state index contributed by atoms with van der Waals surface area (Å²) >= 11 is 0. The highest BCUT2D eigenvalue weighted by Gasteiger charge is 2.03. The van der Waals surface area contributed by atoms with Gasteiger partial charge in [-0.3, -0.25) is 4.90 Å². The van der Waals surface area contributed by atoms with E-state index in [4.69, 9.17) is 10.2 Å². The molecule has 14 heavy (non-hydrogen) atoms. The van der Waals surface area contributed by atoms with Crippen LogP contribution >= 0.6 is 0 Å². The van der Waals surface area contributed by atoms with Crippen molar-refractivity contribution in [2.45, 2.75) is 26.3 Å². The van der Waals surface area contributed by atoms with Crippen LogP contribution in [0.1, 0.15) is 20.3 Å². The molecular formula is C10H25N2O2+. The van der Waals surface area contributed by atoms with Crippen LogP contribution in [0.5, 0.6) is 0 Å². The molecule has 0 radical (unpaired) electrons. The molecule has 86 valence electrons. The number of aliphatic hydroxyl groups excluding tert-OH is 1. The van der Waals surface area contributed by atoms with E-state index in [1.54, 1.807) is 0 Å². The summed E-state index contributed by atoms with van der Waals surface area (Å²) in [7, 11) is 0. The zero-order chi connectivity index (χ0) is 10.8. The molecule has 0 spiro atoms. The van der Waals surface area contributed by atoms with Gasteiger partial charge in [-0.2, -0.15) is 0 Å². The normalized spacial score (nSPS) is 11.6. The van der Waals surface area contributed by atoms with Crippen LogP contribution in [0, 0.1) is 0 Å². The van der Waals surface area contributed by atoms with E-state index in [0.29, 0.717) is 19.2 Å². The average molecular weight is 205 g/mol. The van der Waals surface area contributed by atoms with Crippen LogP contribution < -0.4 is 5.32 Å². The fraction of sp³-hybridized carbons (Fsp3) is 1.00. The quantitative estimate of drug-likeness (QED) is 0.390. The SMILES string of the molecule is CC(C)NCCCN(CCO)CC[OH2+]. The molecule has 0 saturated heterocycles. The van der Waals surface area contributed by atoms with Crippen molar-refractivity contribution in [2.24, 2.45) is 0 Å². The lowest BCUT2D eigenvalue weighted by atomic mass is 10.3. The predicted molar refractivity (Wildman–Crippen MR) is 59.8 cm³/mol. The minimum atomic E-state index is 0.192. The third-order valence-corrected chi connectivity index (χ3v) is 2.05. The first kappa shape index (κ1) is 13.8. The molecule has 0 amide bonds. The molecule has 4 heteroatoms. The number of rotatable bonds is 9. The highest BCUT2D eigenvalue weighted by atomic mass is 16.3. The minimum absolute atomic E-state index is 0.192. The summed E-state index contributed by atoms with van der Waals surface area (Å²) in [6.07, 6.45) is 1.08. The monoisotopic (exact) mass is 205 g/mol. The highest BCUT2D eigenvalue weighted by Crippen LogP contribution is 1.90. The van der Waals surface area contributed by atoms with Gasteiger partial charge in [0.1, 0.15) is 0 Å². The molecular weight excluding hydrogens is 180 g/mol. The lowest BCUT2D eigenvalue weighted by molar-refractivity contribution is 0.159. The molecule has 0 aromatic rings. The van der Waals surface area contributed by atoms with Gasteiger partial charge in [-0.05, 0) is 19.5 Å². The maximum Gasteiger partial charge on any atom is 0.156 e. The van der Waals surface area contributed by atoms with Crippen molar-refractivity contribution < 1.29 is 10.2 Å². The average Bonchev–Trinajstić information content (AvgIpc) is 2.12. The van der Waals surface area contributed by atoms with Crippen LogP contribution in [0.2, 0.25) is 0 Å². The van der Waals surface area contributed by atoms with Crippen molar-refractivity contribution in [3.63, 3.8) is 0 Å². The van der Waals surface area contributed by atoms with E-state index >= 15 is 0 Å². The molecule has 0 aliphatic rings. The molecule has 0 saturated carbocycles. The first-order chi connectivity index (χ1) is 6.70. The maximum absolute atomic E-state index is 8.79. The molecule has 0 aromatic heterocycles. The zero-order valence-electron chi connectivity index (χ0n) is 9.42. The topological polar surface area (TPSA) is 58.4 Å². The Morgan fingerprint density at radius 1 is 1.29 bits per heavy atom. The van der Waals surface area contributed by atoms with Crippen LogP contribution in [0.4, 0.5) is 0 Å². The summed E-state index contributed by atoms with van der Waals surface area (Å²) < 4.78 is 0. The Morgan fingerprint density at radius 3 is 2.50 bits per heavy atom. The Bertz CT molecular complexity index is 115. The summed E-state index contributed by atoms with van der Waals surface area (Å²) in [4.78, 5) is 2.13. The van der Waals surface area contributed by atoms with Crippen LogP contribution in [0.3, 0.4) is 0 Å². The molecule has 0 bridgehead atoms.